The first-order chi connectivity index (χ1) is 20.1. The number of pyridine rings is 1. The standard InChI is InChI=1S/C31H26F3N5O3/c32-21-5-3-6-23(15-21)39(28(41)25-8-9-27(40)38(25)26-14-19(18-35)11-13-36-26)31(12-10-20-4-1-2-7-24(20)31)29(42)37-22-16-30(33,34)17-22/h1-7,11,13-15,22,25H,8-10,12,16-17H2,(H,37,42)/t25-,31-/m0/s1. The van der Waals surface area contributed by atoms with E-state index in [4.69, 9.17) is 0 Å². The highest BCUT2D eigenvalue weighted by atomic mass is 19.3. The number of nitriles is 1. The number of hydrogen-bond acceptors (Lipinski definition) is 5. The maximum Gasteiger partial charge on any atom is 0.252 e. The SMILES string of the molecule is N#Cc1ccnc(N2C(=O)CC[C@H]2C(=O)N(c2cccc(F)c2)[C@@]2(C(=O)NC3CC(F)(F)C3)CCc3ccccc32)c1. The maximum atomic E-state index is 14.7. The van der Waals surface area contributed by atoms with E-state index in [1.807, 2.05) is 12.1 Å². The Morgan fingerprint density at radius 3 is 2.60 bits per heavy atom. The van der Waals surface area contributed by atoms with Gasteiger partial charge in [0.15, 0.2) is 5.54 Å². The molecule has 11 heteroatoms. The number of hydrogen-bond donors (Lipinski definition) is 1. The number of aromatic nitrogens is 1. The highest BCUT2D eigenvalue weighted by molar-refractivity contribution is 6.12. The van der Waals surface area contributed by atoms with E-state index in [2.05, 4.69) is 10.3 Å². The van der Waals surface area contributed by atoms with Gasteiger partial charge in [0.25, 0.3) is 17.7 Å². The highest BCUT2D eigenvalue weighted by Crippen LogP contribution is 2.47. The van der Waals surface area contributed by atoms with E-state index in [1.54, 1.807) is 18.2 Å². The molecule has 0 spiro atoms. The number of fused-ring (bicyclic) bond motifs is 1. The van der Waals surface area contributed by atoms with Crippen molar-refractivity contribution in [2.75, 3.05) is 9.80 Å². The Labute approximate surface area is 239 Å². The second kappa shape index (κ2) is 10.3. The van der Waals surface area contributed by atoms with Gasteiger partial charge in [-0.2, -0.15) is 5.26 Å². The van der Waals surface area contributed by atoms with E-state index in [0.29, 0.717) is 12.0 Å². The van der Waals surface area contributed by atoms with E-state index in [0.717, 1.165) is 11.6 Å². The second-order valence-electron chi connectivity index (χ2n) is 10.9. The summed E-state index contributed by atoms with van der Waals surface area (Å²) in [7, 11) is 0. The number of carbonyl (C=O) groups excluding carboxylic acids is 3. The van der Waals surface area contributed by atoms with Gasteiger partial charge in [0.2, 0.25) is 5.91 Å². The number of alkyl halides is 2. The average Bonchev–Trinajstić information content (AvgIpc) is 3.54. The number of nitrogens with one attached hydrogen (secondary N) is 1. The molecule has 0 radical (unpaired) electrons. The normalized spacial score (nSPS) is 22.7. The molecule has 2 heterocycles. The Balaban J connectivity index is 1.49. The van der Waals surface area contributed by atoms with E-state index in [-0.39, 0.29) is 36.3 Å². The Morgan fingerprint density at radius 1 is 1.07 bits per heavy atom. The molecule has 2 aliphatic carbocycles. The monoisotopic (exact) mass is 573 g/mol. The summed E-state index contributed by atoms with van der Waals surface area (Å²) in [5, 5.41) is 12.1. The number of anilines is 2. The fourth-order valence-electron chi connectivity index (χ4n) is 6.35. The molecule has 214 valence electrons. The van der Waals surface area contributed by atoms with Crippen LogP contribution in [-0.2, 0) is 26.3 Å². The molecule has 8 nitrogen and oxygen atoms in total. The van der Waals surface area contributed by atoms with Gasteiger partial charge < -0.3 is 5.32 Å². The summed E-state index contributed by atoms with van der Waals surface area (Å²) in [6.07, 6.45) is 0.957. The molecule has 42 heavy (non-hydrogen) atoms. The van der Waals surface area contributed by atoms with Gasteiger partial charge in [-0.15, -0.1) is 0 Å². The average molecular weight is 574 g/mol. The number of benzene rings is 2. The highest BCUT2D eigenvalue weighted by Gasteiger charge is 2.57. The third kappa shape index (κ3) is 4.57. The smallest absolute Gasteiger partial charge is 0.252 e. The van der Waals surface area contributed by atoms with E-state index in [1.165, 1.54) is 46.3 Å². The lowest BCUT2D eigenvalue weighted by molar-refractivity contribution is -0.137. The molecular formula is C31H26F3N5O3. The molecule has 3 aliphatic rings. The van der Waals surface area contributed by atoms with Crippen LogP contribution in [0.1, 0.15) is 48.8 Å². The zero-order valence-electron chi connectivity index (χ0n) is 22.4. The molecule has 6 rings (SSSR count). The molecule has 3 aromatic rings. The lowest BCUT2D eigenvalue weighted by Gasteiger charge is -2.45. The van der Waals surface area contributed by atoms with Crippen molar-refractivity contribution in [1.29, 1.82) is 5.26 Å². The van der Waals surface area contributed by atoms with Gasteiger partial charge in [-0.3, -0.25) is 24.2 Å². The van der Waals surface area contributed by atoms with Crippen LogP contribution in [0.4, 0.5) is 24.7 Å². The first kappa shape index (κ1) is 27.4. The minimum atomic E-state index is -2.88. The lowest BCUT2D eigenvalue weighted by atomic mass is 9.83. The first-order valence-electron chi connectivity index (χ1n) is 13.7. The van der Waals surface area contributed by atoms with Crippen LogP contribution >= 0.6 is 0 Å². The molecule has 0 unspecified atom stereocenters. The number of amides is 3. The molecule has 2 aromatic carbocycles. The van der Waals surface area contributed by atoms with Crippen molar-refractivity contribution in [2.45, 2.75) is 62.1 Å². The van der Waals surface area contributed by atoms with Crippen molar-refractivity contribution in [1.82, 2.24) is 10.3 Å². The van der Waals surface area contributed by atoms with Crippen molar-refractivity contribution < 1.29 is 27.6 Å². The van der Waals surface area contributed by atoms with Crippen LogP contribution < -0.4 is 15.1 Å². The molecule has 2 atom stereocenters. The number of rotatable bonds is 6. The summed E-state index contributed by atoms with van der Waals surface area (Å²) in [5.41, 5.74) is -0.0734. The Bertz CT molecular complexity index is 1630. The number of carbonyl (C=O) groups is 3. The van der Waals surface area contributed by atoms with Crippen molar-refractivity contribution in [3.63, 3.8) is 0 Å². The molecule has 1 saturated carbocycles. The van der Waals surface area contributed by atoms with Crippen LogP contribution in [0.25, 0.3) is 0 Å². The molecule has 0 bridgehead atoms. The van der Waals surface area contributed by atoms with Crippen molar-refractivity contribution in [3.05, 3.63) is 89.4 Å². The van der Waals surface area contributed by atoms with Crippen molar-refractivity contribution in [3.8, 4) is 6.07 Å². The van der Waals surface area contributed by atoms with Gasteiger partial charge in [-0.05, 0) is 60.7 Å². The van der Waals surface area contributed by atoms with Gasteiger partial charge in [0.05, 0.1) is 11.6 Å². The zero-order valence-corrected chi connectivity index (χ0v) is 22.4. The number of aryl methyl sites for hydroxylation is 1. The predicted molar refractivity (Wildman–Crippen MR) is 146 cm³/mol. The summed E-state index contributed by atoms with van der Waals surface area (Å²) in [6.45, 7) is 0. The molecule has 1 N–H and O–H groups in total. The predicted octanol–water partition coefficient (Wildman–Crippen LogP) is 4.38. The summed E-state index contributed by atoms with van der Waals surface area (Å²) >= 11 is 0. The van der Waals surface area contributed by atoms with Gasteiger partial charge in [0.1, 0.15) is 17.7 Å². The largest absolute Gasteiger partial charge is 0.351 e. The second-order valence-corrected chi connectivity index (χ2v) is 10.9. The van der Waals surface area contributed by atoms with Crippen LogP contribution in [0, 0.1) is 17.1 Å². The summed E-state index contributed by atoms with van der Waals surface area (Å²) < 4.78 is 42.1. The van der Waals surface area contributed by atoms with Gasteiger partial charge in [-0.25, -0.2) is 18.2 Å². The molecule has 1 aliphatic heterocycles. The third-order valence-corrected chi connectivity index (χ3v) is 8.31. The van der Waals surface area contributed by atoms with Crippen molar-refractivity contribution >= 4 is 29.2 Å². The van der Waals surface area contributed by atoms with Crippen molar-refractivity contribution in [2.24, 2.45) is 0 Å². The van der Waals surface area contributed by atoms with Gasteiger partial charge >= 0.3 is 0 Å². The minimum Gasteiger partial charge on any atom is -0.351 e. The zero-order chi connectivity index (χ0) is 29.6. The fraction of sp³-hybridized carbons (Fsp3) is 0.323. The quantitative estimate of drug-likeness (QED) is 0.471. The summed E-state index contributed by atoms with van der Waals surface area (Å²) in [5.74, 6) is -5.11. The van der Waals surface area contributed by atoms with E-state index >= 15 is 0 Å². The van der Waals surface area contributed by atoms with E-state index in [9.17, 15) is 32.8 Å². The van der Waals surface area contributed by atoms with Crippen LogP contribution in [0.3, 0.4) is 0 Å². The third-order valence-electron chi connectivity index (χ3n) is 8.31. The Hall–Kier alpha value is -4.72. The van der Waals surface area contributed by atoms with Crippen LogP contribution in [0.15, 0.2) is 66.9 Å². The summed E-state index contributed by atoms with van der Waals surface area (Å²) in [4.78, 5) is 48.8. The van der Waals surface area contributed by atoms with Crippen LogP contribution in [-0.4, -0.2) is 40.7 Å². The minimum absolute atomic E-state index is 0.0127. The van der Waals surface area contributed by atoms with Crippen LogP contribution in [0.5, 0.6) is 0 Å². The summed E-state index contributed by atoms with van der Waals surface area (Å²) in [6, 6.07) is 15.3. The van der Waals surface area contributed by atoms with E-state index < -0.39 is 59.9 Å². The molecular weight excluding hydrogens is 547 g/mol. The lowest BCUT2D eigenvalue weighted by Crippen LogP contribution is -2.64. The Morgan fingerprint density at radius 2 is 1.86 bits per heavy atom. The topological polar surface area (TPSA) is 106 Å². The number of halogens is 3. The van der Waals surface area contributed by atoms with Crippen LogP contribution in [0.2, 0.25) is 0 Å². The molecule has 3 amide bonds. The van der Waals surface area contributed by atoms with Gasteiger partial charge in [0, 0.05) is 37.2 Å². The molecule has 2 fully saturated rings. The maximum absolute atomic E-state index is 14.7. The molecule has 1 saturated heterocycles. The first-order valence-corrected chi connectivity index (χ1v) is 13.7. The molecule has 1 aromatic heterocycles. The van der Waals surface area contributed by atoms with Gasteiger partial charge in [-0.1, -0.05) is 30.3 Å². The Kier molecular flexibility index (Phi) is 6.72. The number of nitrogens with zero attached hydrogens (tertiary/aromatic N) is 4. The fourth-order valence-corrected chi connectivity index (χ4v) is 6.35.